The van der Waals surface area contributed by atoms with Crippen LogP contribution in [0.15, 0.2) is 12.7 Å². The SMILES string of the molecule is C=CCCCCCC(NC)C(C)CC. The topological polar surface area (TPSA) is 12.0 Å². The average molecular weight is 197 g/mol. The zero-order chi connectivity index (χ0) is 10.8. The van der Waals surface area contributed by atoms with Gasteiger partial charge in [-0.3, -0.25) is 0 Å². The summed E-state index contributed by atoms with van der Waals surface area (Å²) in [6.07, 6.45) is 9.79. The minimum atomic E-state index is 0.712. The van der Waals surface area contributed by atoms with Crippen molar-refractivity contribution < 1.29 is 0 Å². The number of hydrogen-bond acceptors (Lipinski definition) is 1. The number of hydrogen-bond donors (Lipinski definition) is 1. The first kappa shape index (κ1) is 13.7. The third kappa shape index (κ3) is 6.20. The lowest BCUT2D eigenvalue weighted by molar-refractivity contribution is 0.357. The Labute approximate surface area is 90.0 Å². The highest BCUT2D eigenvalue weighted by Gasteiger charge is 2.12. The molecule has 0 aliphatic heterocycles. The van der Waals surface area contributed by atoms with E-state index in [0.29, 0.717) is 6.04 Å². The minimum Gasteiger partial charge on any atom is -0.317 e. The first-order valence-corrected chi connectivity index (χ1v) is 6.04. The summed E-state index contributed by atoms with van der Waals surface area (Å²) in [5.74, 6) is 0.805. The summed E-state index contributed by atoms with van der Waals surface area (Å²) in [6.45, 7) is 8.35. The van der Waals surface area contributed by atoms with Crippen LogP contribution in [0.4, 0.5) is 0 Å². The molecule has 0 saturated carbocycles. The van der Waals surface area contributed by atoms with Gasteiger partial charge >= 0.3 is 0 Å². The molecule has 1 heteroatoms. The molecule has 0 rings (SSSR count). The van der Waals surface area contributed by atoms with Crippen molar-refractivity contribution in [1.29, 1.82) is 0 Å². The molecule has 2 unspecified atom stereocenters. The van der Waals surface area contributed by atoms with Crippen LogP contribution in [0.2, 0.25) is 0 Å². The fraction of sp³-hybridized carbons (Fsp3) is 0.846. The van der Waals surface area contributed by atoms with Crippen molar-refractivity contribution in [2.75, 3.05) is 7.05 Å². The molecule has 0 aliphatic rings. The first-order valence-electron chi connectivity index (χ1n) is 6.04. The van der Waals surface area contributed by atoms with Crippen molar-refractivity contribution >= 4 is 0 Å². The van der Waals surface area contributed by atoms with Crippen LogP contribution in [-0.4, -0.2) is 13.1 Å². The molecule has 0 aliphatic carbocycles. The van der Waals surface area contributed by atoms with Gasteiger partial charge in [-0.15, -0.1) is 6.58 Å². The molecule has 1 nitrogen and oxygen atoms in total. The highest BCUT2D eigenvalue weighted by molar-refractivity contribution is 4.71. The van der Waals surface area contributed by atoms with Crippen molar-refractivity contribution in [1.82, 2.24) is 5.32 Å². The zero-order valence-electron chi connectivity index (χ0n) is 10.2. The second-order valence-corrected chi connectivity index (χ2v) is 4.21. The third-order valence-corrected chi connectivity index (χ3v) is 3.13. The maximum atomic E-state index is 3.74. The Hall–Kier alpha value is -0.300. The lowest BCUT2D eigenvalue weighted by Crippen LogP contribution is -2.31. The van der Waals surface area contributed by atoms with Crippen LogP contribution in [0.5, 0.6) is 0 Å². The number of allylic oxidation sites excluding steroid dienone is 1. The van der Waals surface area contributed by atoms with Crippen LogP contribution < -0.4 is 5.32 Å². The molecule has 0 aromatic heterocycles. The van der Waals surface area contributed by atoms with Crippen LogP contribution >= 0.6 is 0 Å². The van der Waals surface area contributed by atoms with Crippen molar-refractivity contribution in [3.63, 3.8) is 0 Å². The predicted molar refractivity (Wildman–Crippen MR) is 65.6 cm³/mol. The van der Waals surface area contributed by atoms with E-state index in [4.69, 9.17) is 0 Å². The van der Waals surface area contributed by atoms with Crippen LogP contribution in [0, 0.1) is 5.92 Å². The smallest absolute Gasteiger partial charge is 0.00895 e. The molecule has 1 N–H and O–H groups in total. The van der Waals surface area contributed by atoms with Gasteiger partial charge in [-0.2, -0.15) is 0 Å². The number of unbranched alkanes of at least 4 members (excludes halogenated alkanes) is 3. The van der Waals surface area contributed by atoms with Crippen molar-refractivity contribution in [2.24, 2.45) is 5.92 Å². The van der Waals surface area contributed by atoms with Crippen molar-refractivity contribution in [3.05, 3.63) is 12.7 Å². The van der Waals surface area contributed by atoms with Gasteiger partial charge in [-0.1, -0.05) is 39.2 Å². The summed E-state index contributed by atoms with van der Waals surface area (Å²) in [5.41, 5.74) is 0. The minimum absolute atomic E-state index is 0.712. The predicted octanol–water partition coefficient (Wildman–Crippen LogP) is 3.76. The monoisotopic (exact) mass is 197 g/mol. The van der Waals surface area contributed by atoms with Crippen LogP contribution in [0.1, 0.15) is 52.4 Å². The number of rotatable bonds is 9. The molecule has 0 spiro atoms. The van der Waals surface area contributed by atoms with Gasteiger partial charge in [-0.25, -0.2) is 0 Å². The van der Waals surface area contributed by atoms with Crippen LogP contribution in [0.25, 0.3) is 0 Å². The normalized spacial score (nSPS) is 15.1. The van der Waals surface area contributed by atoms with Gasteiger partial charge in [0.05, 0.1) is 0 Å². The molecule has 0 saturated heterocycles. The molecule has 84 valence electrons. The quantitative estimate of drug-likeness (QED) is 0.438. The lowest BCUT2D eigenvalue weighted by atomic mass is 9.94. The largest absolute Gasteiger partial charge is 0.317 e. The molecule has 0 heterocycles. The van der Waals surface area contributed by atoms with E-state index in [2.05, 4.69) is 32.8 Å². The van der Waals surface area contributed by atoms with E-state index in [0.717, 1.165) is 5.92 Å². The third-order valence-electron chi connectivity index (χ3n) is 3.13. The van der Waals surface area contributed by atoms with E-state index in [-0.39, 0.29) is 0 Å². The molecule has 0 bridgehead atoms. The highest BCUT2D eigenvalue weighted by Crippen LogP contribution is 2.14. The fourth-order valence-corrected chi connectivity index (χ4v) is 1.83. The van der Waals surface area contributed by atoms with Crippen LogP contribution in [-0.2, 0) is 0 Å². The Morgan fingerprint density at radius 1 is 1.29 bits per heavy atom. The van der Waals surface area contributed by atoms with Gasteiger partial charge in [-0.05, 0) is 32.2 Å². The summed E-state index contributed by atoms with van der Waals surface area (Å²) in [4.78, 5) is 0. The van der Waals surface area contributed by atoms with E-state index in [1.807, 2.05) is 6.08 Å². The van der Waals surface area contributed by atoms with E-state index in [1.165, 1.54) is 38.5 Å². The number of nitrogens with one attached hydrogen (secondary N) is 1. The first-order chi connectivity index (χ1) is 6.76. The van der Waals surface area contributed by atoms with Crippen molar-refractivity contribution in [2.45, 2.75) is 58.4 Å². The Balaban J connectivity index is 3.47. The Bertz CT molecular complexity index is 131. The Morgan fingerprint density at radius 3 is 2.50 bits per heavy atom. The van der Waals surface area contributed by atoms with E-state index < -0.39 is 0 Å². The van der Waals surface area contributed by atoms with Gasteiger partial charge in [0.25, 0.3) is 0 Å². The molecular formula is C13H27N. The Morgan fingerprint density at radius 2 is 2.00 bits per heavy atom. The van der Waals surface area contributed by atoms with Gasteiger partial charge in [0.1, 0.15) is 0 Å². The maximum absolute atomic E-state index is 3.74. The molecular weight excluding hydrogens is 170 g/mol. The summed E-state index contributed by atoms with van der Waals surface area (Å²) >= 11 is 0. The molecule has 0 fully saturated rings. The fourth-order valence-electron chi connectivity index (χ4n) is 1.83. The van der Waals surface area contributed by atoms with Crippen molar-refractivity contribution in [3.8, 4) is 0 Å². The molecule has 0 radical (unpaired) electrons. The van der Waals surface area contributed by atoms with E-state index >= 15 is 0 Å². The standard InChI is InChI=1S/C13H27N/c1-5-7-8-9-10-11-13(14-4)12(3)6-2/h5,12-14H,1,6-11H2,2-4H3. The summed E-state index contributed by atoms with van der Waals surface area (Å²) < 4.78 is 0. The second kappa shape index (κ2) is 9.26. The summed E-state index contributed by atoms with van der Waals surface area (Å²) in [6, 6.07) is 0.712. The lowest BCUT2D eigenvalue weighted by Gasteiger charge is -2.22. The zero-order valence-corrected chi connectivity index (χ0v) is 10.2. The van der Waals surface area contributed by atoms with Gasteiger partial charge in [0, 0.05) is 6.04 Å². The van der Waals surface area contributed by atoms with Gasteiger partial charge < -0.3 is 5.32 Å². The Kier molecular flexibility index (Phi) is 9.06. The summed E-state index contributed by atoms with van der Waals surface area (Å²) in [7, 11) is 2.08. The second-order valence-electron chi connectivity index (χ2n) is 4.21. The molecule has 0 aromatic carbocycles. The molecule has 2 atom stereocenters. The van der Waals surface area contributed by atoms with E-state index in [1.54, 1.807) is 0 Å². The maximum Gasteiger partial charge on any atom is 0.00895 e. The molecule has 0 amide bonds. The molecule has 14 heavy (non-hydrogen) atoms. The average Bonchev–Trinajstić information content (AvgIpc) is 2.22. The van der Waals surface area contributed by atoms with Crippen LogP contribution in [0.3, 0.4) is 0 Å². The van der Waals surface area contributed by atoms with Gasteiger partial charge in [0.15, 0.2) is 0 Å². The molecule has 0 aromatic rings. The highest BCUT2D eigenvalue weighted by atomic mass is 14.9. The summed E-state index contributed by atoms with van der Waals surface area (Å²) in [5, 5.41) is 3.42. The van der Waals surface area contributed by atoms with E-state index in [9.17, 15) is 0 Å². The van der Waals surface area contributed by atoms with Gasteiger partial charge in [0.2, 0.25) is 0 Å².